The Morgan fingerprint density at radius 3 is 2.33 bits per heavy atom. The zero-order valence-corrected chi connectivity index (χ0v) is 17.3. The highest BCUT2D eigenvalue weighted by molar-refractivity contribution is 6.26. The van der Waals surface area contributed by atoms with Crippen LogP contribution in [0, 0.1) is 0 Å². The molecular weight excluding hydrogens is 384 g/mol. The summed E-state index contributed by atoms with van der Waals surface area (Å²) < 4.78 is 0. The van der Waals surface area contributed by atoms with Gasteiger partial charge in [-0.1, -0.05) is 48.5 Å². The van der Waals surface area contributed by atoms with Gasteiger partial charge in [0.1, 0.15) is 6.04 Å². The molecule has 3 rings (SSSR count). The highest BCUT2D eigenvalue weighted by Gasteiger charge is 2.27. The summed E-state index contributed by atoms with van der Waals surface area (Å²) >= 11 is 0. The van der Waals surface area contributed by atoms with Crippen molar-refractivity contribution in [1.29, 1.82) is 0 Å². The van der Waals surface area contributed by atoms with Gasteiger partial charge in [-0.3, -0.25) is 4.79 Å². The smallest absolute Gasteiger partial charge is 0.351 e. The van der Waals surface area contributed by atoms with E-state index in [1.54, 1.807) is 0 Å². The SMILES string of the molecule is CC(CN1C(=O)CCc2ccccc21)[NH+](C)CCc1ccccc1.O=C([O-])C(=O)O. The Kier molecular flexibility index (Phi) is 8.55. The summed E-state index contributed by atoms with van der Waals surface area (Å²) in [5, 5.41) is 16.3. The molecule has 2 aromatic rings. The van der Waals surface area contributed by atoms with Crippen molar-refractivity contribution in [1.82, 2.24) is 0 Å². The molecule has 7 heteroatoms. The molecule has 30 heavy (non-hydrogen) atoms. The molecule has 7 nitrogen and oxygen atoms in total. The lowest BCUT2D eigenvalue weighted by Crippen LogP contribution is -3.13. The first-order valence-corrected chi connectivity index (χ1v) is 9.98. The Balaban J connectivity index is 0.000000469. The lowest BCUT2D eigenvalue weighted by atomic mass is 10.0. The Bertz CT molecular complexity index is 857. The summed E-state index contributed by atoms with van der Waals surface area (Å²) in [5.74, 6) is -3.75. The summed E-state index contributed by atoms with van der Waals surface area (Å²) in [6.07, 6.45) is 2.57. The average Bonchev–Trinajstić information content (AvgIpc) is 2.75. The van der Waals surface area contributed by atoms with Gasteiger partial charge in [-0.15, -0.1) is 0 Å². The van der Waals surface area contributed by atoms with Crippen LogP contribution >= 0.6 is 0 Å². The third-order valence-electron chi connectivity index (χ3n) is 5.31. The molecule has 0 aromatic heterocycles. The number of carboxylic acids is 2. The van der Waals surface area contributed by atoms with Crippen molar-refractivity contribution in [3.8, 4) is 0 Å². The van der Waals surface area contributed by atoms with E-state index in [2.05, 4.69) is 62.5 Å². The number of carboxylic acid groups (broad SMARTS) is 2. The maximum atomic E-state index is 12.4. The van der Waals surface area contributed by atoms with Crippen LogP contribution in [0.3, 0.4) is 0 Å². The van der Waals surface area contributed by atoms with Gasteiger partial charge in [-0.05, 0) is 30.5 Å². The predicted molar refractivity (Wildman–Crippen MR) is 111 cm³/mol. The highest BCUT2D eigenvalue weighted by Crippen LogP contribution is 2.27. The molecule has 1 aliphatic heterocycles. The molecule has 2 unspecified atom stereocenters. The van der Waals surface area contributed by atoms with Crippen molar-refractivity contribution in [2.45, 2.75) is 32.2 Å². The second kappa shape index (κ2) is 11.1. The number of carbonyl (C=O) groups excluding carboxylic acids is 2. The number of nitrogens with one attached hydrogen (secondary N) is 1. The minimum atomic E-state index is -2.07. The zero-order valence-electron chi connectivity index (χ0n) is 17.3. The first kappa shape index (κ1) is 23.1. The third kappa shape index (κ3) is 6.70. The van der Waals surface area contributed by atoms with Crippen LogP contribution in [-0.2, 0) is 27.2 Å². The van der Waals surface area contributed by atoms with Crippen molar-refractivity contribution in [2.75, 3.05) is 25.0 Å². The lowest BCUT2D eigenvalue weighted by Gasteiger charge is -2.33. The predicted octanol–water partition coefficient (Wildman–Crippen LogP) is -0.0674. The molecule has 1 amide bonds. The van der Waals surface area contributed by atoms with Crippen LogP contribution in [0.2, 0.25) is 0 Å². The van der Waals surface area contributed by atoms with Crippen LogP contribution in [0.15, 0.2) is 54.6 Å². The van der Waals surface area contributed by atoms with Crippen LogP contribution < -0.4 is 14.9 Å². The number of hydrogen-bond acceptors (Lipinski definition) is 4. The molecule has 0 saturated heterocycles. The summed E-state index contributed by atoms with van der Waals surface area (Å²) in [6, 6.07) is 19.3. The second-order valence-corrected chi connectivity index (χ2v) is 7.46. The zero-order chi connectivity index (χ0) is 22.1. The largest absolute Gasteiger partial charge is 0.539 e. The van der Waals surface area contributed by atoms with E-state index in [1.165, 1.54) is 16.0 Å². The van der Waals surface area contributed by atoms with Gasteiger partial charge in [-0.25, -0.2) is 4.79 Å². The van der Waals surface area contributed by atoms with Gasteiger partial charge in [0.2, 0.25) is 5.91 Å². The minimum Gasteiger partial charge on any atom is -0.539 e. The Morgan fingerprint density at radius 1 is 1.10 bits per heavy atom. The molecular formula is C23H28N2O5. The van der Waals surface area contributed by atoms with Crippen LogP contribution in [0.5, 0.6) is 0 Å². The first-order valence-electron chi connectivity index (χ1n) is 9.98. The van der Waals surface area contributed by atoms with Crippen molar-refractivity contribution in [2.24, 2.45) is 0 Å². The molecule has 0 bridgehead atoms. The van der Waals surface area contributed by atoms with E-state index < -0.39 is 11.9 Å². The second-order valence-electron chi connectivity index (χ2n) is 7.46. The number of likely N-dealkylation sites (N-methyl/N-ethyl adjacent to an activating group) is 1. The number of hydrogen-bond donors (Lipinski definition) is 2. The summed E-state index contributed by atoms with van der Waals surface area (Å²) in [6.45, 7) is 4.11. The summed E-state index contributed by atoms with van der Waals surface area (Å²) in [7, 11) is 2.23. The fourth-order valence-corrected chi connectivity index (χ4v) is 3.36. The van der Waals surface area contributed by atoms with Gasteiger partial charge >= 0.3 is 5.97 Å². The normalized spacial score (nSPS) is 14.7. The van der Waals surface area contributed by atoms with Gasteiger partial charge in [0.15, 0.2) is 5.97 Å². The number of quaternary nitrogens is 1. The third-order valence-corrected chi connectivity index (χ3v) is 5.31. The Hall–Kier alpha value is -3.19. The van der Waals surface area contributed by atoms with E-state index in [1.807, 2.05) is 11.0 Å². The maximum Gasteiger partial charge on any atom is 0.351 e. The number of amides is 1. The fraction of sp³-hybridized carbons (Fsp3) is 0.348. The summed E-state index contributed by atoms with van der Waals surface area (Å²) in [4.78, 5) is 33.9. The molecule has 1 aliphatic rings. The molecule has 0 aliphatic carbocycles. The number of aliphatic carboxylic acids is 2. The van der Waals surface area contributed by atoms with E-state index in [9.17, 15) is 4.79 Å². The number of anilines is 1. The Morgan fingerprint density at radius 2 is 1.70 bits per heavy atom. The van der Waals surface area contributed by atoms with E-state index in [4.69, 9.17) is 19.8 Å². The molecule has 160 valence electrons. The number of fused-ring (bicyclic) bond motifs is 1. The molecule has 0 fully saturated rings. The monoisotopic (exact) mass is 412 g/mol. The van der Waals surface area contributed by atoms with Gasteiger partial charge in [0.05, 0.1) is 20.1 Å². The fourth-order valence-electron chi connectivity index (χ4n) is 3.36. The van der Waals surface area contributed by atoms with Crippen LogP contribution in [-0.4, -0.2) is 49.1 Å². The lowest BCUT2D eigenvalue weighted by molar-refractivity contribution is -0.901. The molecule has 1 heterocycles. The molecule has 2 N–H and O–H groups in total. The first-order chi connectivity index (χ1) is 14.3. The molecule has 2 aromatic carbocycles. The van der Waals surface area contributed by atoms with Crippen molar-refractivity contribution < 1.29 is 29.5 Å². The van der Waals surface area contributed by atoms with Crippen LogP contribution in [0.1, 0.15) is 24.5 Å². The van der Waals surface area contributed by atoms with Crippen LogP contribution in [0.4, 0.5) is 5.69 Å². The number of rotatable bonds is 6. The van der Waals surface area contributed by atoms with Crippen molar-refractivity contribution in [3.05, 3.63) is 65.7 Å². The van der Waals surface area contributed by atoms with Crippen LogP contribution in [0.25, 0.3) is 0 Å². The number of nitrogens with zero attached hydrogens (tertiary/aromatic N) is 1. The topological polar surface area (TPSA) is 102 Å². The highest BCUT2D eigenvalue weighted by atomic mass is 16.4. The van der Waals surface area contributed by atoms with Crippen molar-refractivity contribution >= 4 is 23.5 Å². The minimum absolute atomic E-state index is 0.261. The summed E-state index contributed by atoms with van der Waals surface area (Å²) in [5.41, 5.74) is 3.78. The van der Waals surface area contributed by atoms with Gasteiger partial charge in [0.25, 0.3) is 0 Å². The number of benzene rings is 2. The standard InChI is InChI=1S/C21H26N2O.C2H2O4/c1-17(22(2)15-14-18-8-4-3-5-9-18)16-23-20-11-7-6-10-19(20)12-13-21(23)24;3-1(4)2(5)6/h3-11,17H,12-16H2,1-2H3;(H,3,4)(H,5,6). The number of aryl methyl sites for hydroxylation is 1. The van der Waals surface area contributed by atoms with Gasteiger partial charge in [0, 0.05) is 18.5 Å². The van der Waals surface area contributed by atoms with E-state index in [0.29, 0.717) is 12.5 Å². The van der Waals surface area contributed by atoms with E-state index in [0.717, 1.165) is 31.6 Å². The molecule has 2 atom stereocenters. The molecule has 0 spiro atoms. The molecule has 0 saturated carbocycles. The van der Waals surface area contributed by atoms with Gasteiger partial charge < -0.3 is 24.8 Å². The maximum absolute atomic E-state index is 12.4. The number of para-hydroxylation sites is 1. The average molecular weight is 412 g/mol. The van der Waals surface area contributed by atoms with E-state index in [-0.39, 0.29) is 5.91 Å². The number of carbonyl (C=O) groups is 3. The quantitative estimate of drug-likeness (QED) is 0.647. The van der Waals surface area contributed by atoms with Gasteiger partial charge in [-0.2, -0.15) is 0 Å². The molecule has 0 radical (unpaired) electrons. The van der Waals surface area contributed by atoms with Crippen molar-refractivity contribution in [3.63, 3.8) is 0 Å². The Labute approximate surface area is 176 Å². The van der Waals surface area contributed by atoms with E-state index >= 15 is 0 Å².